The average molecular weight is 421 g/mol. The normalized spacial score (nSPS) is 11.3. The number of unbranched alkanes of at least 4 members (excludes halogenated alkanes) is 13. The molecule has 0 amide bonds. The smallest absolute Gasteiger partial charge is 0.744 e. The number of hydrogen-bond acceptors (Lipinski definition) is 3. The Morgan fingerprint density at radius 2 is 1.19 bits per heavy atom. The van der Waals surface area contributed by atoms with Crippen LogP contribution in [0.1, 0.15) is 102 Å². The topological polar surface area (TPSA) is 57.2 Å². The Bertz CT molecular complexity index is 573. The van der Waals surface area contributed by atoms with E-state index in [0.717, 1.165) is 18.4 Å². The van der Waals surface area contributed by atoms with Crippen LogP contribution in [0.25, 0.3) is 0 Å². The summed E-state index contributed by atoms with van der Waals surface area (Å²) >= 11 is 0. The Labute approximate surface area is 210 Å². The summed E-state index contributed by atoms with van der Waals surface area (Å²) in [4.78, 5) is -0.111. The molecule has 0 aliphatic heterocycles. The second kappa shape index (κ2) is 17.6. The minimum atomic E-state index is -4.33. The van der Waals surface area contributed by atoms with Crippen molar-refractivity contribution in [3.63, 3.8) is 0 Å². The van der Waals surface area contributed by atoms with Gasteiger partial charge in [0.2, 0.25) is 0 Å². The molecule has 0 N–H and O–H groups in total. The monoisotopic (exact) mass is 420 g/mol. The van der Waals surface area contributed by atoms with Gasteiger partial charge in [-0.1, -0.05) is 103 Å². The van der Waals surface area contributed by atoms with Gasteiger partial charge in [0.05, 0.1) is 4.90 Å². The van der Waals surface area contributed by atoms with E-state index >= 15 is 0 Å². The molecule has 27 heavy (non-hydrogen) atoms. The van der Waals surface area contributed by atoms with E-state index in [1.165, 1.54) is 95.6 Å². The Balaban J connectivity index is 0.00000676. The zero-order valence-electron chi connectivity index (χ0n) is 17.5. The maximum atomic E-state index is 11.0. The fourth-order valence-electron chi connectivity index (χ4n) is 3.38. The van der Waals surface area contributed by atoms with Gasteiger partial charge in [-0.3, -0.25) is 0 Å². The quantitative estimate of drug-likeness (QED) is 0.233. The summed E-state index contributed by atoms with van der Waals surface area (Å²) in [5.41, 5.74) is 0.945. The van der Waals surface area contributed by atoms with Crippen molar-refractivity contribution < 1.29 is 64.4 Å². The molecule has 0 saturated carbocycles. The molecule has 0 heterocycles. The third-order valence-corrected chi connectivity index (χ3v) is 5.84. The van der Waals surface area contributed by atoms with Crippen LogP contribution in [-0.2, 0) is 16.5 Å². The predicted molar refractivity (Wildman–Crippen MR) is 108 cm³/mol. The van der Waals surface area contributed by atoms with Crippen LogP contribution >= 0.6 is 0 Å². The van der Waals surface area contributed by atoms with Crippen molar-refractivity contribution in [3.05, 3.63) is 29.8 Å². The molecular weight excluding hydrogens is 383 g/mol. The SMILES string of the molecule is CCCCCCCCCCCCCCCCc1cccc(S(=O)(=O)[O-])c1.[K+]. The van der Waals surface area contributed by atoms with E-state index in [2.05, 4.69) is 6.92 Å². The van der Waals surface area contributed by atoms with Gasteiger partial charge < -0.3 is 4.55 Å². The van der Waals surface area contributed by atoms with E-state index in [9.17, 15) is 13.0 Å². The van der Waals surface area contributed by atoms with Crippen LogP contribution in [0.2, 0.25) is 0 Å². The van der Waals surface area contributed by atoms with Crippen molar-refractivity contribution >= 4 is 10.1 Å². The second-order valence-corrected chi connectivity index (χ2v) is 8.83. The number of rotatable bonds is 16. The van der Waals surface area contributed by atoms with Crippen LogP contribution in [0.5, 0.6) is 0 Å². The van der Waals surface area contributed by atoms with Crippen molar-refractivity contribution in [1.29, 1.82) is 0 Å². The molecule has 0 saturated heterocycles. The summed E-state index contributed by atoms with van der Waals surface area (Å²) in [5.74, 6) is 0. The fraction of sp³-hybridized carbons (Fsp3) is 0.727. The molecule has 0 atom stereocenters. The summed E-state index contributed by atoms with van der Waals surface area (Å²) in [7, 11) is -4.33. The molecule has 0 bridgehead atoms. The van der Waals surface area contributed by atoms with Crippen molar-refractivity contribution in [1.82, 2.24) is 0 Å². The minimum absolute atomic E-state index is 0. The summed E-state index contributed by atoms with van der Waals surface area (Å²) in [6.45, 7) is 2.26. The predicted octanol–water partition coefficient (Wildman–Crippen LogP) is 3.62. The molecule has 0 aromatic heterocycles. The van der Waals surface area contributed by atoms with Crippen LogP contribution in [0, 0.1) is 0 Å². The van der Waals surface area contributed by atoms with Crippen LogP contribution in [0.4, 0.5) is 0 Å². The number of benzene rings is 1. The zero-order chi connectivity index (χ0) is 19.1. The molecule has 0 fully saturated rings. The molecule has 150 valence electrons. The molecule has 0 aliphatic carbocycles. The van der Waals surface area contributed by atoms with Crippen molar-refractivity contribution in [2.24, 2.45) is 0 Å². The first-order valence-electron chi connectivity index (χ1n) is 10.6. The summed E-state index contributed by atoms with van der Waals surface area (Å²) in [5, 5.41) is 0. The summed E-state index contributed by atoms with van der Waals surface area (Å²) in [6, 6.07) is 6.45. The van der Waals surface area contributed by atoms with Gasteiger partial charge in [0.1, 0.15) is 10.1 Å². The van der Waals surface area contributed by atoms with Crippen LogP contribution in [-0.4, -0.2) is 13.0 Å². The number of hydrogen-bond donors (Lipinski definition) is 0. The number of aryl methyl sites for hydroxylation is 1. The maximum absolute atomic E-state index is 11.0. The molecule has 0 radical (unpaired) electrons. The third kappa shape index (κ3) is 15.3. The van der Waals surface area contributed by atoms with Crippen LogP contribution in [0.3, 0.4) is 0 Å². The summed E-state index contributed by atoms with van der Waals surface area (Å²) in [6.07, 6.45) is 19.4. The molecule has 0 aliphatic rings. The maximum Gasteiger partial charge on any atom is 1.00 e. The molecule has 1 aromatic carbocycles. The van der Waals surface area contributed by atoms with Crippen molar-refractivity contribution in [2.45, 2.75) is 108 Å². The summed E-state index contributed by atoms with van der Waals surface area (Å²) < 4.78 is 33.1. The Kier molecular flexibility index (Phi) is 18.1. The third-order valence-electron chi connectivity index (χ3n) is 5.01. The van der Waals surface area contributed by atoms with Gasteiger partial charge in [0.25, 0.3) is 0 Å². The molecule has 0 unspecified atom stereocenters. The van der Waals surface area contributed by atoms with Gasteiger partial charge in [-0.15, -0.1) is 0 Å². The molecule has 0 spiro atoms. The minimum Gasteiger partial charge on any atom is -0.744 e. The van der Waals surface area contributed by atoms with E-state index in [4.69, 9.17) is 0 Å². The van der Waals surface area contributed by atoms with Gasteiger partial charge in [-0.25, -0.2) is 8.42 Å². The standard InChI is InChI=1S/C22H38O3S.K/c1-2-3-4-5-6-7-8-9-10-11-12-13-14-15-17-21-18-16-19-22(20-21)26(23,24)25;/h16,18-20H,2-15,17H2,1H3,(H,23,24,25);/q;+1/p-1. The van der Waals surface area contributed by atoms with Crippen molar-refractivity contribution in [3.8, 4) is 0 Å². The van der Waals surface area contributed by atoms with Crippen LogP contribution < -0.4 is 51.4 Å². The van der Waals surface area contributed by atoms with E-state index in [1.54, 1.807) is 6.07 Å². The first-order chi connectivity index (χ1) is 12.5. The van der Waals surface area contributed by atoms with Gasteiger partial charge in [-0.05, 0) is 30.5 Å². The Morgan fingerprint density at radius 1 is 0.741 bits per heavy atom. The largest absolute Gasteiger partial charge is 1.00 e. The molecule has 1 aromatic rings. The second-order valence-electron chi connectivity index (χ2n) is 7.45. The average Bonchev–Trinajstić information content (AvgIpc) is 2.61. The Hall–Kier alpha value is 0.766. The van der Waals surface area contributed by atoms with Gasteiger partial charge >= 0.3 is 51.4 Å². The van der Waals surface area contributed by atoms with E-state index in [0.29, 0.717) is 0 Å². The first-order valence-corrected chi connectivity index (χ1v) is 12.0. The molecule has 5 heteroatoms. The molecular formula is C22H37KO3S. The zero-order valence-corrected chi connectivity index (χ0v) is 21.5. The van der Waals surface area contributed by atoms with E-state index in [1.807, 2.05) is 6.07 Å². The van der Waals surface area contributed by atoms with Gasteiger partial charge in [0.15, 0.2) is 0 Å². The Morgan fingerprint density at radius 3 is 1.63 bits per heavy atom. The molecule has 3 nitrogen and oxygen atoms in total. The van der Waals surface area contributed by atoms with Crippen molar-refractivity contribution in [2.75, 3.05) is 0 Å². The van der Waals surface area contributed by atoms with Gasteiger partial charge in [0, 0.05) is 0 Å². The van der Waals surface area contributed by atoms with Gasteiger partial charge in [-0.2, -0.15) is 0 Å². The van der Waals surface area contributed by atoms with E-state index in [-0.39, 0.29) is 56.3 Å². The first kappa shape index (κ1) is 27.8. The molecule has 1 rings (SSSR count). The van der Waals surface area contributed by atoms with E-state index < -0.39 is 10.1 Å². The fourth-order valence-corrected chi connectivity index (χ4v) is 3.92. The van der Waals surface area contributed by atoms with Crippen LogP contribution in [0.15, 0.2) is 29.2 Å².